The van der Waals surface area contributed by atoms with E-state index in [1.165, 1.54) is 22.4 Å². The SMILES string of the molecule is COc1ccc(CN(Cc2cccc3c2NCC3)C2CCS(=O)(=O)C2)cc1.Cl. The molecule has 0 spiro atoms. The van der Waals surface area contributed by atoms with Crippen LogP contribution in [0.4, 0.5) is 5.69 Å². The van der Waals surface area contributed by atoms with Gasteiger partial charge in [0.15, 0.2) is 9.84 Å². The quantitative estimate of drug-likeness (QED) is 0.774. The number of halogens is 1. The molecule has 0 bridgehead atoms. The van der Waals surface area contributed by atoms with E-state index in [2.05, 4.69) is 40.5 Å². The molecule has 0 aliphatic carbocycles. The Hall–Kier alpha value is -1.76. The highest BCUT2D eigenvalue weighted by Crippen LogP contribution is 2.30. The van der Waals surface area contributed by atoms with Crippen LogP contribution in [0.1, 0.15) is 23.1 Å². The van der Waals surface area contributed by atoms with Crippen molar-refractivity contribution in [2.24, 2.45) is 0 Å². The molecule has 4 rings (SSSR count). The average Bonchev–Trinajstić information content (AvgIpc) is 3.28. The number of hydrogen-bond acceptors (Lipinski definition) is 5. The van der Waals surface area contributed by atoms with Gasteiger partial charge in [0.25, 0.3) is 0 Å². The number of anilines is 1. The number of sulfone groups is 1. The number of ether oxygens (including phenoxy) is 1. The van der Waals surface area contributed by atoms with Gasteiger partial charge in [-0.25, -0.2) is 8.42 Å². The minimum atomic E-state index is -2.92. The molecule has 2 aromatic rings. The Morgan fingerprint density at radius 2 is 1.93 bits per heavy atom. The first-order chi connectivity index (χ1) is 13.0. The zero-order chi connectivity index (χ0) is 18.9. The second-order valence-corrected chi connectivity index (χ2v) is 9.67. The van der Waals surface area contributed by atoms with Gasteiger partial charge >= 0.3 is 0 Å². The van der Waals surface area contributed by atoms with Crippen molar-refractivity contribution in [1.82, 2.24) is 4.90 Å². The van der Waals surface area contributed by atoms with Crippen LogP contribution in [0.15, 0.2) is 42.5 Å². The van der Waals surface area contributed by atoms with Crippen LogP contribution in [0.5, 0.6) is 5.75 Å². The van der Waals surface area contributed by atoms with Crippen molar-refractivity contribution in [2.75, 3.05) is 30.5 Å². The lowest BCUT2D eigenvalue weighted by Crippen LogP contribution is -2.35. The molecule has 2 aliphatic rings. The first-order valence-electron chi connectivity index (χ1n) is 9.46. The van der Waals surface area contributed by atoms with Gasteiger partial charge in [-0.05, 0) is 41.7 Å². The maximum absolute atomic E-state index is 12.1. The maximum Gasteiger partial charge on any atom is 0.151 e. The summed E-state index contributed by atoms with van der Waals surface area (Å²) in [5.41, 5.74) is 5.01. The molecule has 28 heavy (non-hydrogen) atoms. The Labute approximate surface area is 173 Å². The van der Waals surface area contributed by atoms with Crippen LogP contribution in [-0.4, -0.2) is 44.5 Å². The standard InChI is InChI=1S/C21H26N2O3S.ClH/c1-26-20-7-5-16(6-8-20)13-23(19-10-12-27(24,25)15-19)14-18-4-2-3-17-9-11-22-21(17)18;/h2-8,19,22H,9-15H2,1H3;1H. The van der Waals surface area contributed by atoms with Crippen molar-refractivity contribution in [1.29, 1.82) is 0 Å². The van der Waals surface area contributed by atoms with E-state index in [9.17, 15) is 8.42 Å². The predicted octanol–water partition coefficient (Wildman–Crippen LogP) is 3.27. The fourth-order valence-electron chi connectivity index (χ4n) is 4.10. The highest BCUT2D eigenvalue weighted by Gasteiger charge is 2.32. The van der Waals surface area contributed by atoms with Crippen molar-refractivity contribution >= 4 is 27.9 Å². The Bertz CT molecular complexity index is 916. The second-order valence-electron chi connectivity index (χ2n) is 7.44. The van der Waals surface area contributed by atoms with E-state index < -0.39 is 9.84 Å². The predicted molar refractivity (Wildman–Crippen MR) is 115 cm³/mol. The third-order valence-corrected chi connectivity index (χ3v) is 7.33. The molecule has 1 unspecified atom stereocenters. The first-order valence-corrected chi connectivity index (χ1v) is 11.3. The lowest BCUT2D eigenvalue weighted by atomic mass is 10.1. The largest absolute Gasteiger partial charge is 0.497 e. The normalized spacial score (nSPS) is 19.7. The molecule has 0 radical (unpaired) electrons. The van der Waals surface area contributed by atoms with Crippen molar-refractivity contribution in [3.63, 3.8) is 0 Å². The Balaban J connectivity index is 0.00000225. The van der Waals surface area contributed by atoms with Gasteiger partial charge in [0.1, 0.15) is 5.75 Å². The topological polar surface area (TPSA) is 58.6 Å². The third-order valence-electron chi connectivity index (χ3n) is 5.58. The maximum atomic E-state index is 12.1. The molecular weight excluding hydrogens is 396 g/mol. The lowest BCUT2D eigenvalue weighted by Gasteiger charge is -2.29. The summed E-state index contributed by atoms with van der Waals surface area (Å²) in [5.74, 6) is 1.38. The van der Waals surface area contributed by atoms with Crippen LogP contribution >= 0.6 is 12.4 Å². The Morgan fingerprint density at radius 3 is 2.61 bits per heavy atom. The van der Waals surface area contributed by atoms with E-state index in [1.807, 2.05) is 12.1 Å². The van der Waals surface area contributed by atoms with E-state index in [0.29, 0.717) is 12.2 Å². The molecule has 5 nitrogen and oxygen atoms in total. The molecule has 1 atom stereocenters. The fraction of sp³-hybridized carbons (Fsp3) is 0.429. The van der Waals surface area contributed by atoms with Crippen molar-refractivity contribution in [3.8, 4) is 5.75 Å². The van der Waals surface area contributed by atoms with E-state index in [-0.39, 0.29) is 24.2 Å². The van der Waals surface area contributed by atoms with Crippen LogP contribution in [0, 0.1) is 0 Å². The lowest BCUT2D eigenvalue weighted by molar-refractivity contribution is 0.194. The van der Waals surface area contributed by atoms with Gasteiger partial charge in [-0.2, -0.15) is 0 Å². The average molecular weight is 423 g/mol. The first kappa shape index (κ1) is 21.0. The molecular formula is C21H27ClN2O3S. The summed E-state index contributed by atoms with van der Waals surface area (Å²) in [5, 5.41) is 3.50. The van der Waals surface area contributed by atoms with E-state index in [4.69, 9.17) is 4.74 Å². The molecule has 7 heteroatoms. The van der Waals surface area contributed by atoms with E-state index in [1.54, 1.807) is 7.11 Å². The summed E-state index contributed by atoms with van der Waals surface area (Å²) in [6.45, 7) is 2.46. The number of methoxy groups -OCH3 is 1. The molecule has 1 N–H and O–H groups in total. The summed E-state index contributed by atoms with van der Waals surface area (Å²) >= 11 is 0. The van der Waals surface area contributed by atoms with Gasteiger partial charge in [-0.3, -0.25) is 4.90 Å². The summed E-state index contributed by atoms with van der Waals surface area (Å²) < 4.78 is 29.4. The zero-order valence-electron chi connectivity index (χ0n) is 16.1. The molecule has 1 saturated heterocycles. The fourth-order valence-corrected chi connectivity index (χ4v) is 5.87. The summed E-state index contributed by atoms with van der Waals surface area (Å²) in [4.78, 5) is 2.32. The van der Waals surface area contributed by atoms with Gasteiger partial charge < -0.3 is 10.1 Å². The van der Waals surface area contributed by atoms with Crippen LogP contribution < -0.4 is 10.1 Å². The van der Waals surface area contributed by atoms with E-state index >= 15 is 0 Å². The number of benzene rings is 2. The zero-order valence-corrected chi connectivity index (χ0v) is 17.7. The monoisotopic (exact) mass is 422 g/mol. The molecule has 0 amide bonds. The molecule has 1 fully saturated rings. The third kappa shape index (κ3) is 4.62. The number of nitrogens with zero attached hydrogens (tertiary/aromatic N) is 1. The van der Waals surface area contributed by atoms with Gasteiger partial charge in [-0.15, -0.1) is 12.4 Å². The van der Waals surface area contributed by atoms with Crippen LogP contribution in [0.2, 0.25) is 0 Å². The number of hydrogen-bond donors (Lipinski definition) is 1. The number of nitrogens with one attached hydrogen (secondary N) is 1. The smallest absolute Gasteiger partial charge is 0.151 e. The number of fused-ring (bicyclic) bond motifs is 1. The van der Waals surface area contributed by atoms with Gasteiger partial charge in [0.2, 0.25) is 0 Å². The minimum Gasteiger partial charge on any atom is -0.497 e. The molecule has 2 aliphatic heterocycles. The van der Waals surface area contributed by atoms with Crippen LogP contribution in [0.3, 0.4) is 0 Å². The second kappa shape index (κ2) is 8.72. The molecule has 2 aromatic carbocycles. The van der Waals surface area contributed by atoms with Gasteiger partial charge in [-0.1, -0.05) is 30.3 Å². The summed E-state index contributed by atoms with van der Waals surface area (Å²) in [7, 11) is -1.26. The van der Waals surface area contributed by atoms with Gasteiger partial charge in [0.05, 0.1) is 18.6 Å². The van der Waals surface area contributed by atoms with Crippen molar-refractivity contribution < 1.29 is 13.2 Å². The van der Waals surface area contributed by atoms with Crippen LogP contribution in [0.25, 0.3) is 0 Å². The number of para-hydroxylation sites is 1. The summed E-state index contributed by atoms with van der Waals surface area (Å²) in [6, 6.07) is 14.5. The number of rotatable bonds is 6. The van der Waals surface area contributed by atoms with Crippen LogP contribution in [-0.2, 0) is 29.3 Å². The molecule has 2 heterocycles. The van der Waals surface area contributed by atoms with Gasteiger partial charge in [0, 0.05) is 31.4 Å². The Morgan fingerprint density at radius 1 is 1.14 bits per heavy atom. The highest BCUT2D eigenvalue weighted by atomic mass is 35.5. The minimum absolute atomic E-state index is 0. The molecule has 152 valence electrons. The van der Waals surface area contributed by atoms with Crippen molar-refractivity contribution in [2.45, 2.75) is 32.0 Å². The van der Waals surface area contributed by atoms with E-state index in [0.717, 1.165) is 31.8 Å². The van der Waals surface area contributed by atoms with Crippen molar-refractivity contribution in [3.05, 3.63) is 59.2 Å². The molecule has 0 saturated carbocycles. The summed E-state index contributed by atoms with van der Waals surface area (Å²) in [6.07, 6.45) is 1.76. The molecule has 0 aromatic heterocycles. The Kier molecular flexibility index (Phi) is 6.53. The highest BCUT2D eigenvalue weighted by molar-refractivity contribution is 7.91.